The van der Waals surface area contributed by atoms with E-state index in [1.54, 1.807) is 17.1 Å². The van der Waals surface area contributed by atoms with Crippen molar-refractivity contribution in [3.8, 4) is 0 Å². The summed E-state index contributed by atoms with van der Waals surface area (Å²) in [5.74, 6) is -0.269. The maximum Gasteiger partial charge on any atom is 0.325 e. The predicted molar refractivity (Wildman–Crippen MR) is 70.7 cm³/mol. The van der Waals surface area contributed by atoms with Gasteiger partial charge in [0.1, 0.15) is 5.54 Å². The van der Waals surface area contributed by atoms with Crippen molar-refractivity contribution in [1.82, 2.24) is 15.1 Å². The van der Waals surface area contributed by atoms with E-state index in [1.165, 1.54) is 7.11 Å². The molecular formula is C12H20ClN3O2. The van der Waals surface area contributed by atoms with Crippen molar-refractivity contribution >= 4 is 17.6 Å². The minimum absolute atomic E-state index is 0.0423. The molecule has 5 nitrogen and oxygen atoms in total. The number of nitrogens with one attached hydrogen (secondary N) is 1. The molecule has 2 unspecified atom stereocenters. The van der Waals surface area contributed by atoms with Gasteiger partial charge in [-0.2, -0.15) is 5.10 Å². The van der Waals surface area contributed by atoms with E-state index in [2.05, 4.69) is 10.4 Å². The Morgan fingerprint density at radius 1 is 1.72 bits per heavy atom. The van der Waals surface area contributed by atoms with E-state index in [1.807, 2.05) is 20.8 Å². The Morgan fingerprint density at radius 3 is 2.83 bits per heavy atom. The van der Waals surface area contributed by atoms with Gasteiger partial charge < -0.3 is 10.1 Å². The summed E-state index contributed by atoms with van der Waals surface area (Å²) in [6.07, 6.45) is 3.90. The molecule has 0 amide bonds. The molecule has 0 aromatic carbocycles. The minimum Gasteiger partial charge on any atom is -0.468 e. The van der Waals surface area contributed by atoms with E-state index < -0.39 is 5.54 Å². The van der Waals surface area contributed by atoms with Gasteiger partial charge in [0.05, 0.1) is 24.4 Å². The fraction of sp³-hybridized carbons (Fsp3) is 0.667. The van der Waals surface area contributed by atoms with Crippen molar-refractivity contribution in [2.45, 2.75) is 38.8 Å². The molecule has 6 heteroatoms. The van der Waals surface area contributed by atoms with Crippen LogP contribution in [0.25, 0.3) is 0 Å². The van der Waals surface area contributed by atoms with Gasteiger partial charge in [-0.3, -0.25) is 9.48 Å². The monoisotopic (exact) mass is 273 g/mol. The summed E-state index contributed by atoms with van der Waals surface area (Å²) in [5.41, 5.74) is -0.721. The van der Waals surface area contributed by atoms with Crippen molar-refractivity contribution in [1.29, 1.82) is 0 Å². The highest BCUT2D eigenvalue weighted by Gasteiger charge is 2.35. The van der Waals surface area contributed by atoms with Gasteiger partial charge in [0.15, 0.2) is 0 Å². The Labute approximate surface area is 112 Å². The SMILES string of the molecule is CCNC(C)(CC(C)n1cc(Cl)cn1)C(=O)OC. The van der Waals surface area contributed by atoms with Crippen LogP contribution < -0.4 is 5.32 Å². The molecule has 0 saturated heterocycles. The van der Waals surface area contributed by atoms with Crippen molar-refractivity contribution in [2.24, 2.45) is 0 Å². The number of esters is 1. The first-order chi connectivity index (χ1) is 8.42. The van der Waals surface area contributed by atoms with Crippen LogP contribution in [0.1, 0.15) is 33.2 Å². The number of ether oxygens (including phenoxy) is 1. The Bertz CT molecular complexity index is 408. The van der Waals surface area contributed by atoms with Crippen molar-refractivity contribution in [3.05, 3.63) is 17.4 Å². The van der Waals surface area contributed by atoms with Gasteiger partial charge in [0.25, 0.3) is 0 Å². The van der Waals surface area contributed by atoms with Gasteiger partial charge in [0, 0.05) is 6.20 Å². The topological polar surface area (TPSA) is 56.2 Å². The Balaban J connectivity index is 2.80. The summed E-state index contributed by atoms with van der Waals surface area (Å²) in [7, 11) is 1.40. The van der Waals surface area contributed by atoms with E-state index >= 15 is 0 Å². The molecule has 1 N–H and O–H groups in total. The Morgan fingerprint density at radius 2 is 2.39 bits per heavy atom. The van der Waals surface area contributed by atoms with Crippen molar-refractivity contribution in [3.63, 3.8) is 0 Å². The highest BCUT2D eigenvalue weighted by molar-refractivity contribution is 6.30. The number of carbonyl (C=O) groups is 1. The van der Waals surface area contributed by atoms with Gasteiger partial charge >= 0.3 is 5.97 Å². The van der Waals surface area contributed by atoms with Crippen LogP contribution >= 0.6 is 11.6 Å². The smallest absolute Gasteiger partial charge is 0.325 e. The normalized spacial score (nSPS) is 16.1. The maximum atomic E-state index is 11.9. The summed E-state index contributed by atoms with van der Waals surface area (Å²) >= 11 is 5.84. The number of hydrogen-bond donors (Lipinski definition) is 1. The highest BCUT2D eigenvalue weighted by Crippen LogP contribution is 2.22. The number of methoxy groups -OCH3 is 1. The zero-order valence-electron chi connectivity index (χ0n) is 11.2. The third kappa shape index (κ3) is 3.46. The number of hydrogen-bond acceptors (Lipinski definition) is 4. The summed E-state index contributed by atoms with van der Waals surface area (Å²) in [5, 5.41) is 7.91. The fourth-order valence-electron chi connectivity index (χ4n) is 2.08. The van der Waals surface area contributed by atoms with Crippen molar-refractivity contribution in [2.75, 3.05) is 13.7 Å². The summed E-state index contributed by atoms with van der Waals surface area (Å²) < 4.78 is 6.60. The summed E-state index contributed by atoms with van der Waals surface area (Å²) in [6.45, 7) is 6.47. The molecule has 1 heterocycles. The largest absolute Gasteiger partial charge is 0.468 e. The molecule has 1 aromatic heterocycles. The standard InChI is InChI=1S/C12H20ClN3O2/c1-5-14-12(3,11(17)18-4)6-9(2)16-8-10(13)7-15-16/h7-9,14H,5-6H2,1-4H3. The van der Waals surface area contributed by atoms with Gasteiger partial charge in [-0.1, -0.05) is 18.5 Å². The number of aromatic nitrogens is 2. The van der Waals surface area contributed by atoms with Crippen LogP contribution in [0, 0.1) is 0 Å². The average molecular weight is 274 g/mol. The number of nitrogens with zero attached hydrogens (tertiary/aromatic N) is 2. The lowest BCUT2D eigenvalue weighted by molar-refractivity contribution is -0.148. The van der Waals surface area contributed by atoms with Gasteiger partial charge in [-0.25, -0.2) is 0 Å². The molecule has 0 radical (unpaired) electrons. The molecule has 0 aliphatic carbocycles. The first kappa shape index (κ1) is 15.0. The zero-order chi connectivity index (χ0) is 13.8. The second-order valence-electron chi connectivity index (χ2n) is 4.55. The number of rotatable bonds is 6. The lowest BCUT2D eigenvalue weighted by Crippen LogP contribution is -2.51. The van der Waals surface area contributed by atoms with Crippen LogP contribution in [0.2, 0.25) is 5.02 Å². The van der Waals surface area contributed by atoms with E-state index in [0.717, 1.165) is 0 Å². The molecule has 0 aliphatic rings. The zero-order valence-corrected chi connectivity index (χ0v) is 12.0. The molecule has 0 aliphatic heterocycles. The van der Waals surface area contributed by atoms with Gasteiger partial charge in [0.2, 0.25) is 0 Å². The van der Waals surface area contributed by atoms with E-state index in [-0.39, 0.29) is 12.0 Å². The maximum absolute atomic E-state index is 11.9. The molecule has 0 spiro atoms. The first-order valence-corrected chi connectivity index (χ1v) is 6.34. The number of likely N-dealkylation sites (N-methyl/N-ethyl adjacent to an activating group) is 1. The number of halogens is 1. The highest BCUT2D eigenvalue weighted by atomic mass is 35.5. The van der Waals surface area contributed by atoms with Gasteiger partial charge in [-0.05, 0) is 26.8 Å². The van der Waals surface area contributed by atoms with Crippen LogP contribution in [-0.2, 0) is 9.53 Å². The second-order valence-corrected chi connectivity index (χ2v) is 4.98. The molecule has 102 valence electrons. The second kappa shape index (κ2) is 6.20. The summed E-state index contributed by atoms with van der Waals surface area (Å²) in [6, 6.07) is 0.0423. The van der Waals surface area contributed by atoms with E-state index in [9.17, 15) is 4.79 Å². The lowest BCUT2D eigenvalue weighted by Gasteiger charge is -2.30. The summed E-state index contributed by atoms with van der Waals surface area (Å²) in [4.78, 5) is 11.9. The molecule has 0 fully saturated rings. The molecule has 0 bridgehead atoms. The lowest BCUT2D eigenvalue weighted by atomic mass is 9.93. The molecular weight excluding hydrogens is 254 g/mol. The molecule has 18 heavy (non-hydrogen) atoms. The van der Waals surface area contributed by atoms with Crippen LogP contribution in [0.3, 0.4) is 0 Å². The number of carbonyl (C=O) groups excluding carboxylic acids is 1. The Kier molecular flexibility index (Phi) is 5.16. The van der Waals surface area contributed by atoms with E-state index in [0.29, 0.717) is 18.0 Å². The third-order valence-corrected chi connectivity index (χ3v) is 3.12. The van der Waals surface area contributed by atoms with Crippen LogP contribution in [0.15, 0.2) is 12.4 Å². The quantitative estimate of drug-likeness (QED) is 0.806. The third-order valence-electron chi connectivity index (χ3n) is 2.93. The van der Waals surface area contributed by atoms with Crippen LogP contribution in [0.5, 0.6) is 0 Å². The average Bonchev–Trinajstić information content (AvgIpc) is 2.75. The molecule has 2 atom stereocenters. The van der Waals surface area contributed by atoms with E-state index in [4.69, 9.17) is 16.3 Å². The first-order valence-electron chi connectivity index (χ1n) is 5.96. The minimum atomic E-state index is -0.721. The van der Waals surface area contributed by atoms with Crippen LogP contribution in [0.4, 0.5) is 0 Å². The van der Waals surface area contributed by atoms with Crippen molar-refractivity contribution < 1.29 is 9.53 Å². The van der Waals surface area contributed by atoms with Gasteiger partial charge in [-0.15, -0.1) is 0 Å². The Hall–Kier alpha value is -1.07. The molecule has 1 aromatic rings. The molecule has 1 rings (SSSR count). The predicted octanol–water partition coefficient (Wildman–Crippen LogP) is 2.03. The molecule has 0 saturated carbocycles. The fourth-order valence-corrected chi connectivity index (χ4v) is 2.23. The van der Waals surface area contributed by atoms with Crippen LogP contribution in [-0.4, -0.2) is 34.9 Å².